The standard InChI is InChI=1S/C39H41N7O/c40-38-35-37(33-15-7-8-16-34(33)43-38)46(28-42-35)22-10-9-21-41-39(47)32-19-17-29(18-20-32)27-44-23-25-45(26-24-44)36(30-11-3-1-4-12-30)31-13-5-2-6-14-31/h1-8,11-20,28,36H,9-10,21-27H2,(H2,40,43)(H,41,47). The highest BCUT2D eigenvalue weighted by molar-refractivity contribution is 6.06. The predicted octanol–water partition coefficient (Wildman–Crippen LogP) is 6.28. The Morgan fingerprint density at radius 3 is 2.15 bits per heavy atom. The molecule has 7 rings (SSSR count). The Morgan fingerprint density at radius 2 is 1.45 bits per heavy atom. The molecule has 3 N–H and O–H groups in total. The lowest BCUT2D eigenvalue weighted by Crippen LogP contribution is -2.47. The first-order valence-corrected chi connectivity index (χ1v) is 16.6. The van der Waals surface area contributed by atoms with E-state index < -0.39 is 0 Å². The van der Waals surface area contributed by atoms with Crippen LogP contribution >= 0.6 is 0 Å². The Morgan fingerprint density at radius 1 is 0.787 bits per heavy atom. The molecule has 0 unspecified atom stereocenters. The second-order valence-corrected chi connectivity index (χ2v) is 12.3. The van der Waals surface area contributed by atoms with Gasteiger partial charge in [0, 0.05) is 56.8 Å². The Labute approximate surface area is 275 Å². The number of benzene rings is 4. The van der Waals surface area contributed by atoms with Crippen molar-refractivity contribution in [1.29, 1.82) is 0 Å². The van der Waals surface area contributed by atoms with Crippen molar-refractivity contribution < 1.29 is 4.79 Å². The molecule has 2 aromatic heterocycles. The van der Waals surface area contributed by atoms with Crippen LogP contribution in [-0.4, -0.2) is 63.0 Å². The molecule has 8 heteroatoms. The zero-order chi connectivity index (χ0) is 32.0. The number of hydrogen-bond acceptors (Lipinski definition) is 6. The molecule has 3 heterocycles. The summed E-state index contributed by atoms with van der Waals surface area (Å²) in [6.45, 7) is 6.33. The number of pyridine rings is 1. The van der Waals surface area contributed by atoms with Crippen LogP contribution in [0, 0.1) is 0 Å². The van der Waals surface area contributed by atoms with Gasteiger partial charge in [-0.3, -0.25) is 14.6 Å². The molecule has 0 bridgehead atoms. The number of amides is 1. The number of carbonyl (C=O) groups excluding carboxylic acids is 1. The molecule has 0 aliphatic carbocycles. The van der Waals surface area contributed by atoms with Crippen LogP contribution in [0.15, 0.2) is 116 Å². The number of unbranched alkanes of at least 4 members (excludes halogenated alkanes) is 1. The fourth-order valence-corrected chi connectivity index (χ4v) is 6.77. The molecule has 6 aromatic rings. The van der Waals surface area contributed by atoms with Gasteiger partial charge in [-0.05, 0) is 47.7 Å². The molecule has 47 heavy (non-hydrogen) atoms. The first kappa shape index (κ1) is 30.6. The second-order valence-electron chi connectivity index (χ2n) is 12.3. The smallest absolute Gasteiger partial charge is 0.251 e. The van der Waals surface area contributed by atoms with Crippen molar-refractivity contribution >= 4 is 33.7 Å². The normalized spacial score (nSPS) is 14.2. The van der Waals surface area contributed by atoms with Crippen molar-refractivity contribution in [1.82, 2.24) is 29.7 Å². The van der Waals surface area contributed by atoms with Gasteiger partial charge in [0.15, 0.2) is 5.82 Å². The number of nitrogens with zero attached hydrogens (tertiary/aromatic N) is 5. The molecule has 4 aromatic carbocycles. The van der Waals surface area contributed by atoms with Gasteiger partial charge >= 0.3 is 0 Å². The summed E-state index contributed by atoms with van der Waals surface area (Å²) in [5, 5.41) is 4.14. The van der Waals surface area contributed by atoms with Gasteiger partial charge in [0.2, 0.25) is 0 Å². The lowest BCUT2D eigenvalue weighted by atomic mass is 9.96. The van der Waals surface area contributed by atoms with Gasteiger partial charge in [0.05, 0.1) is 23.4 Å². The van der Waals surface area contributed by atoms with E-state index in [1.807, 2.05) is 36.7 Å². The molecule has 1 saturated heterocycles. The summed E-state index contributed by atoms with van der Waals surface area (Å²) >= 11 is 0. The van der Waals surface area contributed by atoms with Crippen LogP contribution in [0.1, 0.15) is 45.9 Å². The van der Waals surface area contributed by atoms with Crippen molar-refractivity contribution in [2.24, 2.45) is 0 Å². The molecular weight excluding hydrogens is 582 g/mol. The SMILES string of the molecule is Nc1nc2ccccc2c2c1ncn2CCCCNC(=O)c1ccc(CN2CCN(C(c3ccccc3)c3ccccc3)CC2)cc1. The maximum Gasteiger partial charge on any atom is 0.251 e. The highest BCUT2D eigenvalue weighted by Gasteiger charge is 2.26. The van der Waals surface area contributed by atoms with E-state index in [1.165, 1.54) is 16.7 Å². The van der Waals surface area contributed by atoms with Crippen molar-refractivity contribution in [3.8, 4) is 0 Å². The first-order valence-electron chi connectivity index (χ1n) is 16.6. The van der Waals surface area contributed by atoms with Crippen LogP contribution in [0.4, 0.5) is 5.82 Å². The van der Waals surface area contributed by atoms with E-state index in [0.29, 0.717) is 17.9 Å². The van der Waals surface area contributed by atoms with Crippen LogP contribution in [0.5, 0.6) is 0 Å². The number of rotatable bonds is 11. The van der Waals surface area contributed by atoms with E-state index in [1.54, 1.807) is 0 Å². The number of piperazine rings is 1. The molecule has 238 valence electrons. The van der Waals surface area contributed by atoms with Gasteiger partial charge in [0.1, 0.15) is 5.52 Å². The van der Waals surface area contributed by atoms with E-state index in [-0.39, 0.29) is 11.9 Å². The molecule has 1 aliphatic rings. The van der Waals surface area contributed by atoms with Gasteiger partial charge in [-0.15, -0.1) is 0 Å². The number of carbonyl (C=O) groups is 1. The van der Waals surface area contributed by atoms with E-state index in [2.05, 4.69) is 109 Å². The number of fused-ring (bicyclic) bond motifs is 3. The molecular formula is C39H41N7O. The number of aryl methyl sites for hydroxylation is 1. The number of aromatic nitrogens is 3. The quantitative estimate of drug-likeness (QED) is 0.165. The topological polar surface area (TPSA) is 92.3 Å². The van der Waals surface area contributed by atoms with E-state index in [4.69, 9.17) is 5.73 Å². The Bertz CT molecular complexity index is 1890. The van der Waals surface area contributed by atoms with Crippen molar-refractivity contribution in [2.45, 2.75) is 32.0 Å². The summed E-state index contributed by atoms with van der Waals surface area (Å²) in [5.74, 6) is 0.421. The van der Waals surface area contributed by atoms with Crippen LogP contribution in [-0.2, 0) is 13.1 Å². The molecule has 1 fully saturated rings. The third-order valence-electron chi connectivity index (χ3n) is 9.22. The predicted molar refractivity (Wildman–Crippen MR) is 189 cm³/mol. The Balaban J connectivity index is 0.877. The van der Waals surface area contributed by atoms with Gasteiger partial charge in [-0.25, -0.2) is 9.97 Å². The molecule has 0 saturated carbocycles. The number of anilines is 1. The molecule has 0 spiro atoms. The zero-order valence-electron chi connectivity index (χ0n) is 26.6. The summed E-state index contributed by atoms with van der Waals surface area (Å²) in [7, 11) is 0. The maximum atomic E-state index is 12.9. The van der Waals surface area contributed by atoms with Crippen LogP contribution in [0.2, 0.25) is 0 Å². The number of hydrogen-bond donors (Lipinski definition) is 2. The van der Waals surface area contributed by atoms with Crippen LogP contribution in [0.3, 0.4) is 0 Å². The number of nitrogen functional groups attached to an aromatic ring is 1. The van der Waals surface area contributed by atoms with Gasteiger partial charge < -0.3 is 15.6 Å². The minimum atomic E-state index is -0.0315. The van der Waals surface area contributed by atoms with E-state index in [9.17, 15) is 4.79 Å². The van der Waals surface area contributed by atoms with Crippen molar-refractivity contribution in [3.63, 3.8) is 0 Å². The van der Waals surface area contributed by atoms with Crippen LogP contribution < -0.4 is 11.1 Å². The summed E-state index contributed by atoms with van der Waals surface area (Å²) in [6.07, 6.45) is 3.61. The second kappa shape index (κ2) is 14.2. The fraction of sp³-hybridized carbons (Fsp3) is 0.256. The highest BCUT2D eigenvalue weighted by atomic mass is 16.1. The van der Waals surface area contributed by atoms with Gasteiger partial charge in [-0.1, -0.05) is 91.0 Å². The molecule has 1 amide bonds. The fourth-order valence-electron chi connectivity index (χ4n) is 6.77. The zero-order valence-corrected chi connectivity index (χ0v) is 26.6. The number of para-hydroxylation sites is 1. The van der Waals surface area contributed by atoms with Crippen molar-refractivity contribution in [3.05, 3.63) is 138 Å². The number of nitrogens with one attached hydrogen (secondary N) is 1. The summed E-state index contributed by atoms with van der Waals surface area (Å²) in [6, 6.07) is 38.0. The third-order valence-corrected chi connectivity index (χ3v) is 9.22. The summed E-state index contributed by atoms with van der Waals surface area (Å²) < 4.78 is 2.14. The van der Waals surface area contributed by atoms with Crippen molar-refractivity contribution in [2.75, 3.05) is 38.5 Å². The van der Waals surface area contributed by atoms with Gasteiger partial charge in [-0.2, -0.15) is 0 Å². The molecule has 1 aliphatic heterocycles. The number of imidazole rings is 1. The summed E-state index contributed by atoms with van der Waals surface area (Å²) in [4.78, 5) is 27.0. The lowest BCUT2D eigenvalue weighted by molar-refractivity contribution is 0.0952. The maximum absolute atomic E-state index is 12.9. The highest BCUT2D eigenvalue weighted by Crippen LogP contribution is 2.30. The Hall–Kier alpha value is -5.05. The van der Waals surface area contributed by atoms with Crippen LogP contribution in [0.25, 0.3) is 21.9 Å². The largest absolute Gasteiger partial charge is 0.382 e. The lowest BCUT2D eigenvalue weighted by Gasteiger charge is -2.39. The first-order chi connectivity index (χ1) is 23.1. The Kier molecular flexibility index (Phi) is 9.21. The van der Waals surface area contributed by atoms with E-state index >= 15 is 0 Å². The average molecular weight is 624 g/mol. The third kappa shape index (κ3) is 6.89. The molecule has 8 nitrogen and oxygen atoms in total. The molecule has 0 atom stereocenters. The number of nitrogens with two attached hydrogens (primary N) is 1. The van der Waals surface area contributed by atoms with E-state index in [0.717, 1.165) is 74.0 Å². The van der Waals surface area contributed by atoms with Gasteiger partial charge in [0.25, 0.3) is 5.91 Å². The molecule has 0 radical (unpaired) electrons. The minimum absolute atomic E-state index is 0.0315. The summed E-state index contributed by atoms with van der Waals surface area (Å²) in [5.41, 5.74) is 13.4. The monoisotopic (exact) mass is 623 g/mol. The minimum Gasteiger partial charge on any atom is -0.382 e. The average Bonchev–Trinajstić information content (AvgIpc) is 3.55.